The third-order valence-corrected chi connectivity index (χ3v) is 1.84. The monoisotopic (exact) mass is 235 g/mol. The van der Waals surface area contributed by atoms with Crippen molar-refractivity contribution < 1.29 is 28.2 Å². The third-order valence-electron chi connectivity index (χ3n) is 1.84. The quantitative estimate of drug-likeness (QED) is 0.675. The number of carboxylic acid groups (broad SMARTS) is 1. The van der Waals surface area contributed by atoms with E-state index in [1.165, 1.54) is 6.07 Å². The number of furan rings is 1. The first-order chi connectivity index (χ1) is 7.50. The maximum atomic E-state index is 11.9. The largest absolute Gasteiger partial charge is 0.478 e. The minimum absolute atomic E-state index is 0.00814. The van der Waals surface area contributed by atoms with E-state index in [1.807, 2.05) is 0 Å². The van der Waals surface area contributed by atoms with Gasteiger partial charge in [0.2, 0.25) is 0 Å². The summed E-state index contributed by atoms with van der Waals surface area (Å²) in [4.78, 5) is 10.5. The van der Waals surface area contributed by atoms with Gasteiger partial charge in [0.05, 0.1) is 12.1 Å². The van der Waals surface area contributed by atoms with E-state index in [4.69, 9.17) is 14.6 Å². The van der Waals surface area contributed by atoms with E-state index in [0.717, 1.165) is 6.26 Å². The number of aliphatic hydroxyl groups is 1. The summed E-state index contributed by atoms with van der Waals surface area (Å²) in [6.07, 6.45) is -3.49. The fourth-order valence-electron chi connectivity index (χ4n) is 1.02. The second-order valence-corrected chi connectivity index (χ2v) is 3.14. The van der Waals surface area contributed by atoms with Gasteiger partial charge in [-0.1, -0.05) is 0 Å². The molecule has 1 atom stereocenters. The van der Waals surface area contributed by atoms with Crippen LogP contribution in [0.15, 0.2) is 16.7 Å². The first-order valence-corrected chi connectivity index (χ1v) is 4.48. The number of aliphatic hydroxyl groups excluding tert-OH is 1. The van der Waals surface area contributed by atoms with E-state index in [9.17, 15) is 13.6 Å². The lowest BCUT2D eigenvalue weighted by molar-refractivity contribution is -0.00359. The zero-order valence-corrected chi connectivity index (χ0v) is 8.19. The van der Waals surface area contributed by atoms with Gasteiger partial charge in [-0.15, -0.1) is 0 Å². The Morgan fingerprint density at radius 1 is 1.56 bits per heavy atom. The highest BCUT2D eigenvalue weighted by atomic mass is 19.3. The first kappa shape index (κ1) is 12.6. The van der Waals surface area contributed by atoms with E-state index < -0.39 is 18.5 Å². The number of nitrogens with one attached hydrogen (secondary N) is 1. The van der Waals surface area contributed by atoms with Crippen LogP contribution >= 0.6 is 0 Å². The highest BCUT2D eigenvalue weighted by Crippen LogP contribution is 2.07. The lowest BCUT2D eigenvalue weighted by Gasteiger charge is -2.09. The molecule has 0 saturated carbocycles. The normalized spacial score (nSPS) is 13.0. The van der Waals surface area contributed by atoms with Gasteiger partial charge in [0.15, 0.2) is 0 Å². The predicted molar refractivity (Wildman–Crippen MR) is 49.4 cm³/mol. The maximum absolute atomic E-state index is 11.9. The lowest BCUT2D eigenvalue weighted by Crippen LogP contribution is -2.31. The molecular weight excluding hydrogens is 224 g/mol. The van der Waals surface area contributed by atoms with Gasteiger partial charge in [0.25, 0.3) is 6.43 Å². The molecule has 0 radical (unpaired) electrons. The molecule has 16 heavy (non-hydrogen) atoms. The van der Waals surface area contributed by atoms with Gasteiger partial charge in [-0.25, -0.2) is 13.6 Å². The van der Waals surface area contributed by atoms with Gasteiger partial charge in [0, 0.05) is 6.54 Å². The molecule has 0 aliphatic heterocycles. The molecule has 3 N–H and O–H groups in total. The topological polar surface area (TPSA) is 82.7 Å². The summed E-state index contributed by atoms with van der Waals surface area (Å²) in [5.74, 6) is -0.818. The summed E-state index contributed by atoms with van der Waals surface area (Å²) in [6, 6.07) is 1.28. The molecule has 5 nitrogen and oxygen atoms in total. The van der Waals surface area contributed by atoms with Crippen molar-refractivity contribution in [2.45, 2.75) is 19.1 Å². The van der Waals surface area contributed by atoms with Gasteiger partial charge in [-0.05, 0) is 6.07 Å². The smallest absolute Gasteiger partial charge is 0.338 e. The van der Waals surface area contributed by atoms with Crippen LogP contribution in [0.25, 0.3) is 0 Å². The zero-order chi connectivity index (χ0) is 12.1. The summed E-state index contributed by atoms with van der Waals surface area (Å²) in [6.45, 7) is -0.210. The van der Waals surface area contributed by atoms with Crippen molar-refractivity contribution in [2.75, 3.05) is 6.54 Å². The Balaban J connectivity index is 2.35. The second-order valence-electron chi connectivity index (χ2n) is 3.14. The summed E-state index contributed by atoms with van der Waals surface area (Å²) in [5.41, 5.74) is -0.00814. The van der Waals surface area contributed by atoms with Crippen molar-refractivity contribution in [1.29, 1.82) is 0 Å². The molecule has 0 saturated heterocycles. The highest BCUT2D eigenvalue weighted by Gasteiger charge is 2.16. The number of aromatic carboxylic acids is 1. The number of carbonyl (C=O) groups is 1. The predicted octanol–water partition coefficient (Wildman–Crippen LogP) is 0.693. The van der Waals surface area contributed by atoms with E-state index in [0.29, 0.717) is 5.76 Å². The molecule has 0 spiro atoms. The van der Waals surface area contributed by atoms with Crippen LogP contribution in [-0.2, 0) is 6.54 Å². The Morgan fingerprint density at radius 2 is 2.25 bits per heavy atom. The van der Waals surface area contributed by atoms with Crippen LogP contribution in [0, 0.1) is 0 Å². The van der Waals surface area contributed by atoms with Crippen molar-refractivity contribution in [2.24, 2.45) is 0 Å². The number of rotatable bonds is 6. The molecule has 0 aromatic carbocycles. The molecule has 1 unspecified atom stereocenters. The molecule has 7 heteroatoms. The van der Waals surface area contributed by atoms with Crippen LogP contribution < -0.4 is 5.32 Å². The number of carboxylic acids is 1. The van der Waals surface area contributed by atoms with Gasteiger partial charge < -0.3 is 19.9 Å². The lowest BCUT2D eigenvalue weighted by atomic mass is 10.3. The van der Waals surface area contributed by atoms with Crippen LogP contribution in [0.3, 0.4) is 0 Å². The van der Waals surface area contributed by atoms with Crippen molar-refractivity contribution in [3.63, 3.8) is 0 Å². The zero-order valence-electron chi connectivity index (χ0n) is 8.19. The molecule has 0 aliphatic rings. The summed E-state index contributed by atoms with van der Waals surface area (Å²) < 4.78 is 28.6. The molecule has 1 aromatic heterocycles. The van der Waals surface area contributed by atoms with E-state index in [-0.39, 0.29) is 18.7 Å². The number of hydrogen-bond acceptors (Lipinski definition) is 4. The molecule has 1 aromatic rings. The Hall–Kier alpha value is -1.47. The molecule has 1 rings (SSSR count). The van der Waals surface area contributed by atoms with Crippen LogP contribution in [-0.4, -0.2) is 35.3 Å². The molecule has 0 aliphatic carbocycles. The Morgan fingerprint density at radius 3 is 2.75 bits per heavy atom. The number of halogens is 2. The molecule has 1 heterocycles. The van der Waals surface area contributed by atoms with Gasteiger partial charge in [-0.2, -0.15) is 0 Å². The average Bonchev–Trinajstić information content (AvgIpc) is 2.66. The van der Waals surface area contributed by atoms with Gasteiger partial charge >= 0.3 is 5.97 Å². The van der Waals surface area contributed by atoms with Crippen molar-refractivity contribution >= 4 is 5.97 Å². The van der Waals surface area contributed by atoms with Crippen LogP contribution in [0.2, 0.25) is 0 Å². The molecule has 0 amide bonds. The summed E-state index contributed by atoms with van der Waals surface area (Å²) in [5, 5.41) is 19.8. The van der Waals surface area contributed by atoms with Crippen LogP contribution in [0.4, 0.5) is 8.78 Å². The average molecular weight is 235 g/mol. The summed E-state index contributed by atoms with van der Waals surface area (Å²) in [7, 11) is 0. The SMILES string of the molecule is O=C(O)c1coc(CNCC(O)C(F)F)c1. The Labute approximate surface area is 89.7 Å². The fraction of sp³-hybridized carbons (Fsp3) is 0.444. The number of alkyl halides is 2. The Kier molecular flexibility index (Phi) is 4.39. The van der Waals surface area contributed by atoms with Crippen LogP contribution in [0.5, 0.6) is 0 Å². The fourth-order valence-corrected chi connectivity index (χ4v) is 1.02. The van der Waals surface area contributed by atoms with Crippen molar-refractivity contribution in [1.82, 2.24) is 5.32 Å². The van der Waals surface area contributed by atoms with Gasteiger partial charge in [0.1, 0.15) is 18.1 Å². The molecule has 0 bridgehead atoms. The van der Waals surface area contributed by atoms with Crippen LogP contribution in [0.1, 0.15) is 16.1 Å². The Bertz CT molecular complexity index is 353. The molecule has 90 valence electrons. The maximum Gasteiger partial charge on any atom is 0.338 e. The van der Waals surface area contributed by atoms with Crippen molar-refractivity contribution in [3.05, 3.63) is 23.7 Å². The van der Waals surface area contributed by atoms with E-state index in [2.05, 4.69) is 5.32 Å². The third kappa shape index (κ3) is 3.59. The van der Waals surface area contributed by atoms with E-state index in [1.54, 1.807) is 0 Å². The minimum Gasteiger partial charge on any atom is -0.478 e. The number of hydrogen-bond donors (Lipinski definition) is 3. The minimum atomic E-state index is -2.81. The summed E-state index contributed by atoms with van der Waals surface area (Å²) >= 11 is 0. The van der Waals surface area contributed by atoms with E-state index >= 15 is 0 Å². The molecular formula is C9H11F2NO4. The highest BCUT2D eigenvalue weighted by molar-refractivity contribution is 5.87. The second kappa shape index (κ2) is 5.57. The van der Waals surface area contributed by atoms with Crippen molar-refractivity contribution in [3.8, 4) is 0 Å². The van der Waals surface area contributed by atoms with Gasteiger partial charge in [-0.3, -0.25) is 0 Å². The standard InChI is InChI=1S/C9H11F2NO4/c10-8(11)7(13)3-12-2-6-1-5(4-16-6)9(14)15/h1,4,7-8,12-13H,2-3H2,(H,14,15). The first-order valence-electron chi connectivity index (χ1n) is 4.48. The molecule has 0 fully saturated rings.